The lowest BCUT2D eigenvalue weighted by Crippen LogP contribution is -2.00. The van der Waals surface area contributed by atoms with E-state index < -0.39 is 0 Å². The maximum absolute atomic E-state index is 4.77. The van der Waals surface area contributed by atoms with Gasteiger partial charge in [-0.2, -0.15) is 0 Å². The molecular formula is C11H16N2O. The molecule has 1 heterocycles. The molecule has 2 aliphatic rings. The van der Waals surface area contributed by atoms with Crippen LogP contribution >= 0.6 is 0 Å². The maximum Gasteiger partial charge on any atom is 0.124 e. The fourth-order valence-corrected chi connectivity index (χ4v) is 2.10. The van der Waals surface area contributed by atoms with Crippen LogP contribution in [0.1, 0.15) is 38.5 Å². The monoisotopic (exact) mass is 192 g/mol. The van der Waals surface area contributed by atoms with Crippen LogP contribution in [0.25, 0.3) is 0 Å². The van der Waals surface area contributed by atoms with Crippen molar-refractivity contribution in [3.05, 3.63) is 24.1 Å². The van der Waals surface area contributed by atoms with Gasteiger partial charge < -0.3 is 4.84 Å². The summed E-state index contributed by atoms with van der Waals surface area (Å²) in [6.07, 6.45) is 13.3. The Labute approximate surface area is 84.5 Å². The fourth-order valence-electron chi connectivity index (χ4n) is 2.10. The summed E-state index contributed by atoms with van der Waals surface area (Å²) in [6, 6.07) is 0. The molecule has 2 rings (SSSR count). The van der Waals surface area contributed by atoms with Gasteiger partial charge in [0.2, 0.25) is 0 Å². The van der Waals surface area contributed by atoms with Gasteiger partial charge in [0.1, 0.15) is 6.26 Å². The van der Waals surface area contributed by atoms with E-state index >= 15 is 0 Å². The Hall–Kier alpha value is -1.12. The molecule has 14 heavy (non-hydrogen) atoms. The van der Waals surface area contributed by atoms with E-state index in [4.69, 9.17) is 4.84 Å². The number of rotatable bonds is 1. The second-order valence-corrected chi connectivity index (χ2v) is 3.90. The van der Waals surface area contributed by atoms with Crippen molar-refractivity contribution in [1.29, 1.82) is 0 Å². The van der Waals surface area contributed by atoms with E-state index in [1.807, 2.05) is 12.2 Å². The molecule has 0 amide bonds. The summed E-state index contributed by atoms with van der Waals surface area (Å²) in [7, 11) is 0. The van der Waals surface area contributed by atoms with Crippen molar-refractivity contribution in [2.24, 2.45) is 16.3 Å². The van der Waals surface area contributed by atoms with Gasteiger partial charge in [0.05, 0.1) is 5.70 Å². The molecule has 0 saturated heterocycles. The van der Waals surface area contributed by atoms with Crippen LogP contribution in [0.5, 0.6) is 0 Å². The third-order valence-corrected chi connectivity index (χ3v) is 2.88. The normalized spacial score (nSPS) is 23.6. The summed E-state index contributed by atoms with van der Waals surface area (Å²) >= 11 is 0. The van der Waals surface area contributed by atoms with Crippen LogP contribution in [-0.4, -0.2) is 0 Å². The van der Waals surface area contributed by atoms with Crippen molar-refractivity contribution >= 4 is 0 Å². The van der Waals surface area contributed by atoms with Crippen molar-refractivity contribution in [3.63, 3.8) is 0 Å². The summed E-state index contributed by atoms with van der Waals surface area (Å²) in [5, 5.41) is 7.72. The summed E-state index contributed by atoms with van der Waals surface area (Å²) in [5.74, 6) is 0.590. The lowest BCUT2D eigenvalue weighted by molar-refractivity contribution is 0.240. The van der Waals surface area contributed by atoms with E-state index in [0.717, 1.165) is 5.70 Å². The van der Waals surface area contributed by atoms with E-state index in [1.54, 1.807) is 6.26 Å². The SMILES string of the molecule is C1=CON=NC(C2CCCCCC2)=C1. The largest absolute Gasteiger partial charge is 0.347 e. The summed E-state index contributed by atoms with van der Waals surface area (Å²) in [4.78, 5) is 4.77. The lowest BCUT2D eigenvalue weighted by atomic mass is 9.96. The molecule has 0 aromatic heterocycles. The first-order chi connectivity index (χ1) is 6.97. The van der Waals surface area contributed by atoms with E-state index in [-0.39, 0.29) is 0 Å². The third-order valence-electron chi connectivity index (χ3n) is 2.88. The Morgan fingerprint density at radius 1 is 1.14 bits per heavy atom. The molecule has 0 radical (unpaired) electrons. The predicted molar refractivity (Wildman–Crippen MR) is 54.4 cm³/mol. The van der Waals surface area contributed by atoms with Crippen molar-refractivity contribution in [2.75, 3.05) is 0 Å². The molecule has 0 unspecified atom stereocenters. The highest BCUT2D eigenvalue weighted by molar-refractivity contribution is 5.13. The molecule has 0 spiro atoms. The zero-order valence-corrected chi connectivity index (χ0v) is 8.35. The molecule has 0 bridgehead atoms. The summed E-state index contributed by atoms with van der Waals surface area (Å²) < 4.78 is 0. The Kier molecular flexibility index (Phi) is 3.33. The molecule has 3 heteroatoms. The highest BCUT2D eigenvalue weighted by Gasteiger charge is 2.16. The third kappa shape index (κ3) is 2.44. The van der Waals surface area contributed by atoms with Crippen LogP contribution in [0, 0.1) is 5.92 Å². The van der Waals surface area contributed by atoms with Gasteiger partial charge in [-0.1, -0.05) is 25.7 Å². The molecule has 0 atom stereocenters. The average Bonchev–Trinajstić information content (AvgIpc) is 2.62. The van der Waals surface area contributed by atoms with Crippen LogP contribution in [0.4, 0.5) is 0 Å². The minimum Gasteiger partial charge on any atom is -0.347 e. The fraction of sp³-hybridized carbons (Fsp3) is 0.636. The molecule has 1 saturated carbocycles. The number of hydrogen-bond donors (Lipinski definition) is 0. The van der Waals surface area contributed by atoms with Gasteiger partial charge >= 0.3 is 0 Å². The highest BCUT2D eigenvalue weighted by Crippen LogP contribution is 2.30. The second kappa shape index (κ2) is 4.94. The molecule has 0 aromatic rings. The van der Waals surface area contributed by atoms with Crippen LogP contribution in [0.2, 0.25) is 0 Å². The van der Waals surface area contributed by atoms with Gasteiger partial charge in [-0.15, -0.1) is 5.11 Å². The minimum absolute atomic E-state index is 0.590. The van der Waals surface area contributed by atoms with Gasteiger partial charge in [0.15, 0.2) is 0 Å². The van der Waals surface area contributed by atoms with Crippen molar-refractivity contribution < 1.29 is 4.84 Å². The summed E-state index contributed by atoms with van der Waals surface area (Å²) in [6.45, 7) is 0. The number of nitrogens with zero attached hydrogens (tertiary/aromatic N) is 2. The van der Waals surface area contributed by atoms with E-state index in [2.05, 4.69) is 10.4 Å². The molecule has 0 aromatic carbocycles. The van der Waals surface area contributed by atoms with Gasteiger partial charge in [-0.25, -0.2) is 0 Å². The molecular weight excluding hydrogens is 176 g/mol. The molecule has 1 aliphatic heterocycles. The van der Waals surface area contributed by atoms with Crippen molar-refractivity contribution in [2.45, 2.75) is 38.5 Å². The first-order valence-electron chi connectivity index (χ1n) is 5.40. The standard InChI is InChI=1S/C11H16N2O/c1-2-4-7-10(6-3-1)11-8-5-9-14-13-12-11/h5,8-10H,1-4,6-7H2. The highest BCUT2D eigenvalue weighted by atomic mass is 16.6. The lowest BCUT2D eigenvalue weighted by Gasteiger charge is -2.11. The molecule has 1 aliphatic carbocycles. The first kappa shape index (κ1) is 9.44. The van der Waals surface area contributed by atoms with Crippen LogP contribution in [-0.2, 0) is 4.84 Å². The Morgan fingerprint density at radius 2 is 1.93 bits per heavy atom. The van der Waals surface area contributed by atoms with Gasteiger partial charge in [-0.05, 0) is 25.0 Å². The summed E-state index contributed by atoms with van der Waals surface area (Å²) in [5.41, 5.74) is 1.08. The van der Waals surface area contributed by atoms with Gasteiger partial charge in [-0.3, -0.25) is 0 Å². The molecule has 0 N–H and O–H groups in total. The smallest absolute Gasteiger partial charge is 0.124 e. The van der Waals surface area contributed by atoms with Crippen molar-refractivity contribution in [3.8, 4) is 0 Å². The van der Waals surface area contributed by atoms with Crippen LogP contribution < -0.4 is 0 Å². The minimum atomic E-state index is 0.590. The Bertz CT molecular complexity index is 260. The number of hydrogen-bond acceptors (Lipinski definition) is 3. The molecule has 76 valence electrons. The van der Waals surface area contributed by atoms with Crippen LogP contribution in [0.3, 0.4) is 0 Å². The van der Waals surface area contributed by atoms with E-state index in [0.29, 0.717) is 5.92 Å². The Balaban J connectivity index is 2.04. The van der Waals surface area contributed by atoms with Gasteiger partial charge in [0.25, 0.3) is 0 Å². The second-order valence-electron chi connectivity index (χ2n) is 3.90. The zero-order valence-electron chi connectivity index (χ0n) is 8.35. The maximum atomic E-state index is 4.77. The predicted octanol–water partition coefficient (Wildman–Crippen LogP) is 3.75. The Morgan fingerprint density at radius 3 is 2.71 bits per heavy atom. The topological polar surface area (TPSA) is 34.0 Å². The number of allylic oxidation sites excluding steroid dienone is 3. The zero-order chi connectivity index (χ0) is 9.64. The molecule has 1 fully saturated rings. The first-order valence-corrected chi connectivity index (χ1v) is 5.40. The van der Waals surface area contributed by atoms with E-state index in [1.165, 1.54) is 38.5 Å². The molecule has 3 nitrogen and oxygen atoms in total. The quantitative estimate of drug-likeness (QED) is 0.582. The average molecular weight is 192 g/mol. The van der Waals surface area contributed by atoms with E-state index in [9.17, 15) is 0 Å². The van der Waals surface area contributed by atoms with Gasteiger partial charge in [0, 0.05) is 11.2 Å². The van der Waals surface area contributed by atoms with Crippen LogP contribution in [0.15, 0.2) is 34.5 Å². The van der Waals surface area contributed by atoms with Crippen molar-refractivity contribution in [1.82, 2.24) is 0 Å².